The van der Waals surface area contributed by atoms with E-state index in [0.29, 0.717) is 11.3 Å². The maximum Gasteiger partial charge on any atom is 0.305 e. The second-order valence-electron chi connectivity index (χ2n) is 4.32. The predicted molar refractivity (Wildman–Crippen MR) is 74.8 cm³/mol. The molecule has 20 heavy (non-hydrogen) atoms. The van der Waals surface area contributed by atoms with Crippen LogP contribution in [0, 0.1) is 18.3 Å². The number of benzene rings is 1. The van der Waals surface area contributed by atoms with Crippen LogP contribution in [0.15, 0.2) is 24.3 Å². The van der Waals surface area contributed by atoms with E-state index in [4.69, 9.17) is 10.4 Å². The third-order valence-electron chi connectivity index (χ3n) is 2.85. The van der Waals surface area contributed by atoms with Gasteiger partial charge in [-0.15, -0.1) is 0 Å². The molecule has 1 atom stereocenters. The number of sulfonamides is 1. The molecule has 0 saturated carbocycles. The molecule has 0 heterocycles. The Kier molecular flexibility index (Phi) is 5.11. The highest BCUT2D eigenvalue weighted by Gasteiger charge is 2.30. The van der Waals surface area contributed by atoms with Gasteiger partial charge in [0.2, 0.25) is 0 Å². The molecule has 1 N–H and O–H groups in total. The maximum atomic E-state index is 12.3. The summed E-state index contributed by atoms with van der Waals surface area (Å²) >= 11 is 0. The van der Waals surface area contributed by atoms with E-state index in [9.17, 15) is 13.2 Å². The lowest BCUT2D eigenvalue weighted by atomic mass is 10.2. The van der Waals surface area contributed by atoms with Gasteiger partial charge in [0.1, 0.15) is 0 Å². The van der Waals surface area contributed by atoms with Crippen molar-refractivity contribution in [3.05, 3.63) is 29.8 Å². The van der Waals surface area contributed by atoms with Crippen molar-refractivity contribution in [3.63, 3.8) is 0 Å². The molecule has 0 saturated heterocycles. The monoisotopic (exact) mass is 296 g/mol. The van der Waals surface area contributed by atoms with Crippen LogP contribution in [-0.2, 0) is 14.8 Å². The van der Waals surface area contributed by atoms with Gasteiger partial charge in [0.05, 0.1) is 18.2 Å². The lowest BCUT2D eigenvalue weighted by Crippen LogP contribution is -2.39. The van der Waals surface area contributed by atoms with E-state index in [1.54, 1.807) is 37.3 Å². The second kappa shape index (κ2) is 6.39. The van der Waals surface area contributed by atoms with Crippen LogP contribution in [0.5, 0.6) is 0 Å². The van der Waals surface area contributed by atoms with Crippen LogP contribution in [-0.4, -0.2) is 31.3 Å². The topological polar surface area (TPSA) is 98.5 Å². The van der Waals surface area contributed by atoms with Crippen LogP contribution in [0.3, 0.4) is 0 Å². The second-order valence-corrected chi connectivity index (χ2v) is 6.50. The van der Waals surface area contributed by atoms with Crippen molar-refractivity contribution in [1.82, 2.24) is 0 Å². The van der Waals surface area contributed by atoms with Crippen molar-refractivity contribution in [1.29, 1.82) is 5.26 Å². The summed E-state index contributed by atoms with van der Waals surface area (Å²) in [7, 11) is -3.91. The average Bonchev–Trinajstić information content (AvgIpc) is 2.39. The smallest absolute Gasteiger partial charge is 0.305 e. The van der Waals surface area contributed by atoms with Crippen LogP contribution in [0.25, 0.3) is 0 Å². The fraction of sp³-hybridized carbons (Fsp3) is 0.385. The number of anilines is 1. The quantitative estimate of drug-likeness (QED) is 0.858. The van der Waals surface area contributed by atoms with Gasteiger partial charge >= 0.3 is 5.97 Å². The van der Waals surface area contributed by atoms with Gasteiger partial charge in [-0.05, 0) is 25.5 Å². The molecule has 0 radical (unpaired) electrons. The summed E-state index contributed by atoms with van der Waals surface area (Å²) in [6.07, 6.45) is -0.328. The summed E-state index contributed by atoms with van der Waals surface area (Å²) in [5, 5.41) is 16.4. The van der Waals surface area contributed by atoms with Gasteiger partial charge in [-0.3, -0.25) is 9.10 Å². The Morgan fingerprint density at radius 3 is 2.55 bits per heavy atom. The molecule has 0 bridgehead atoms. The summed E-state index contributed by atoms with van der Waals surface area (Å²) in [5.41, 5.74) is 1.10. The van der Waals surface area contributed by atoms with E-state index in [2.05, 4.69) is 0 Å². The van der Waals surface area contributed by atoms with Gasteiger partial charge < -0.3 is 5.11 Å². The average molecular weight is 296 g/mol. The number of aliphatic carboxylic acids is 1. The number of hydrogen-bond acceptors (Lipinski definition) is 4. The molecular formula is C13H16N2O4S. The highest BCUT2D eigenvalue weighted by molar-refractivity contribution is 7.93. The first kappa shape index (κ1) is 16.0. The minimum atomic E-state index is -3.91. The number of nitrogens with zero attached hydrogens (tertiary/aromatic N) is 2. The molecule has 0 aliphatic rings. The standard InChI is InChI=1S/C13H16N2O4S/c1-10-5-3-4-6-12(10)15(8-7-13(16)17)20(18,19)11(2)9-14/h3-6,11H,7-8H2,1-2H3,(H,16,17). The van der Waals surface area contributed by atoms with Gasteiger partial charge in [0, 0.05) is 6.54 Å². The van der Waals surface area contributed by atoms with Crippen molar-refractivity contribution < 1.29 is 18.3 Å². The van der Waals surface area contributed by atoms with Crippen molar-refractivity contribution in [3.8, 4) is 6.07 Å². The third kappa shape index (κ3) is 3.48. The number of carbonyl (C=O) groups is 1. The first-order valence-electron chi connectivity index (χ1n) is 5.99. The van der Waals surface area contributed by atoms with Crippen LogP contribution >= 0.6 is 0 Å². The van der Waals surface area contributed by atoms with Crippen LogP contribution in [0.1, 0.15) is 18.9 Å². The van der Waals surface area contributed by atoms with Gasteiger partial charge in [0.25, 0.3) is 10.0 Å². The Hall–Kier alpha value is -2.07. The number of rotatable bonds is 6. The van der Waals surface area contributed by atoms with E-state index < -0.39 is 21.2 Å². The Morgan fingerprint density at radius 2 is 2.05 bits per heavy atom. The molecule has 108 valence electrons. The maximum absolute atomic E-state index is 12.3. The van der Waals surface area contributed by atoms with Crippen molar-refractivity contribution in [2.45, 2.75) is 25.5 Å². The van der Waals surface area contributed by atoms with E-state index in [1.165, 1.54) is 6.92 Å². The molecule has 1 aromatic rings. The Balaban J connectivity index is 3.27. The molecule has 0 fully saturated rings. The van der Waals surface area contributed by atoms with E-state index in [-0.39, 0.29) is 13.0 Å². The summed E-state index contributed by atoms with van der Waals surface area (Å²) in [4.78, 5) is 10.7. The summed E-state index contributed by atoms with van der Waals surface area (Å²) in [6.45, 7) is 2.81. The predicted octanol–water partition coefficient (Wildman–Crippen LogP) is 1.52. The molecule has 0 aliphatic heterocycles. The highest BCUT2D eigenvalue weighted by atomic mass is 32.2. The van der Waals surface area contributed by atoms with Gasteiger partial charge in [-0.1, -0.05) is 18.2 Å². The minimum Gasteiger partial charge on any atom is -0.481 e. The lowest BCUT2D eigenvalue weighted by Gasteiger charge is -2.26. The van der Waals surface area contributed by atoms with Crippen LogP contribution < -0.4 is 4.31 Å². The Labute approximate surface area is 118 Å². The molecule has 6 nitrogen and oxygen atoms in total. The number of carboxylic acids is 1. The SMILES string of the molecule is Cc1ccccc1N(CCC(=O)O)S(=O)(=O)C(C)C#N. The lowest BCUT2D eigenvalue weighted by molar-refractivity contribution is -0.136. The molecule has 0 amide bonds. The Morgan fingerprint density at radius 1 is 1.45 bits per heavy atom. The number of carboxylic acid groups (broad SMARTS) is 1. The normalized spacial score (nSPS) is 12.4. The first-order chi connectivity index (χ1) is 9.30. The van der Waals surface area contributed by atoms with E-state index >= 15 is 0 Å². The number of hydrogen-bond donors (Lipinski definition) is 1. The van der Waals surface area contributed by atoms with E-state index in [0.717, 1.165) is 4.31 Å². The summed E-state index contributed by atoms with van der Waals surface area (Å²) in [5.74, 6) is -1.09. The van der Waals surface area contributed by atoms with Gasteiger partial charge in [0.15, 0.2) is 5.25 Å². The number of para-hydroxylation sites is 1. The molecule has 0 aromatic heterocycles. The van der Waals surface area contributed by atoms with Crippen molar-refractivity contribution in [2.75, 3.05) is 10.8 Å². The van der Waals surface area contributed by atoms with E-state index in [1.807, 2.05) is 0 Å². The molecule has 7 heteroatoms. The van der Waals surface area contributed by atoms with Gasteiger partial charge in [-0.25, -0.2) is 8.42 Å². The Bertz CT molecular complexity index is 634. The number of aryl methyl sites for hydroxylation is 1. The zero-order valence-corrected chi connectivity index (χ0v) is 12.1. The molecule has 1 rings (SSSR count). The first-order valence-corrected chi connectivity index (χ1v) is 7.49. The molecular weight excluding hydrogens is 280 g/mol. The van der Waals surface area contributed by atoms with Crippen molar-refractivity contribution in [2.24, 2.45) is 0 Å². The zero-order chi connectivity index (χ0) is 15.3. The van der Waals surface area contributed by atoms with Gasteiger partial charge in [-0.2, -0.15) is 5.26 Å². The molecule has 1 unspecified atom stereocenters. The molecule has 0 spiro atoms. The van der Waals surface area contributed by atoms with Crippen molar-refractivity contribution >= 4 is 21.7 Å². The number of nitriles is 1. The van der Waals surface area contributed by atoms with Crippen LogP contribution in [0.4, 0.5) is 5.69 Å². The third-order valence-corrected chi connectivity index (χ3v) is 4.84. The summed E-state index contributed by atoms with van der Waals surface area (Å²) < 4.78 is 25.7. The highest BCUT2D eigenvalue weighted by Crippen LogP contribution is 2.24. The fourth-order valence-corrected chi connectivity index (χ4v) is 3.02. The zero-order valence-electron chi connectivity index (χ0n) is 11.3. The van der Waals surface area contributed by atoms with Crippen LogP contribution in [0.2, 0.25) is 0 Å². The summed E-state index contributed by atoms with van der Waals surface area (Å²) in [6, 6.07) is 8.44. The molecule has 1 aromatic carbocycles. The largest absolute Gasteiger partial charge is 0.481 e. The minimum absolute atomic E-state index is 0.200. The molecule has 0 aliphatic carbocycles. The fourth-order valence-electron chi connectivity index (χ4n) is 1.68.